The van der Waals surface area contributed by atoms with Crippen LogP contribution in [0.4, 0.5) is 5.69 Å². The molecule has 0 atom stereocenters. The molecule has 0 radical (unpaired) electrons. The quantitative estimate of drug-likeness (QED) is 0.766. The van der Waals surface area contributed by atoms with Gasteiger partial charge in [0.05, 0.1) is 15.7 Å². The molecule has 14 heavy (non-hydrogen) atoms. The molecule has 0 amide bonds. The fourth-order valence-electron chi connectivity index (χ4n) is 1.23. The minimum Gasteiger partial charge on any atom is -0.438 e. The van der Waals surface area contributed by atoms with E-state index in [9.17, 15) is 0 Å². The summed E-state index contributed by atoms with van der Waals surface area (Å²) >= 11 is 11.8. The lowest BCUT2D eigenvalue weighted by molar-refractivity contribution is 0.539. The summed E-state index contributed by atoms with van der Waals surface area (Å²) in [5, 5.41) is 0.851. The lowest BCUT2D eigenvalue weighted by Gasteiger charge is -1.98. The van der Waals surface area contributed by atoms with Crippen molar-refractivity contribution in [1.29, 1.82) is 0 Å². The Morgan fingerprint density at radius 1 is 1.43 bits per heavy atom. The van der Waals surface area contributed by atoms with Gasteiger partial charge in [0.1, 0.15) is 5.52 Å². The molecule has 0 fully saturated rings. The fraction of sp³-hybridized carbons (Fsp3) is 0.222. The largest absolute Gasteiger partial charge is 0.438 e. The number of nitrogen functional groups attached to an aromatic ring is 1. The summed E-state index contributed by atoms with van der Waals surface area (Å²) in [6.45, 7) is 1.94. The molecule has 0 aliphatic carbocycles. The minimum absolute atomic E-state index is 0.387. The van der Waals surface area contributed by atoms with Crippen LogP contribution in [0.15, 0.2) is 10.5 Å². The molecule has 2 rings (SSSR count). The van der Waals surface area contributed by atoms with Gasteiger partial charge in [0.25, 0.3) is 0 Å². The molecule has 0 bridgehead atoms. The predicted octanol–water partition coefficient (Wildman–Crippen LogP) is 3.28. The maximum atomic E-state index is 5.94. The van der Waals surface area contributed by atoms with Gasteiger partial charge < -0.3 is 10.2 Å². The van der Waals surface area contributed by atoms with Crippen molar-refractivity contribution in [3.63, 3.8) is 0 Å². The van der Waals surface area contributed by atoms with Crippen molar-refractivity contribution in [3.8, 4) is 0 Å². The van der Waals surface area contributed by atoms with Crippen LogP contribution in [-0.4, -0.2) is 4.98 Å². The normalized spacial score (nSPS) is 11.1. The summed E-state index contributed by atoms with van der Waals surface area (Å²) in [4.78, 5) is 4.20. The van der Waals surface area contributed by atoms with E-state index in [1.54, 1.807) is 6.07 Å². The zero-order valence-corrected chi connectivity index (χ0v) is 8.99. The maximum Gasteiger partial charge on any atom is 0.195 e. The summed E-state index contributed by atoms with van der Waals surface area (Å²) in [7, 11) is 0. The molecule has 0 saturated carbocycles. The van der Waals surface area contributed by atoms with Crippen LogP contribution in [0.1, 0.15) is 12.8 Å². The summed E-state index contributed by atoms with van der Waals surface area (Å²) in [6.07, 6.45) is 0.696. The molecule has 74 valence electrons. The SMILES string of the molecule is CCc1nc2c(Cl)cc(Cl)c(N)c2o1. The molecule has 1 aromatic heterocycles. The van der Waals surface area contributed by atoms with E-state index in [1.165, 1.54) is 0 Å². The highest BCUT2D eigenvalue weighted by Gasteiger charge is 2.13. The Morgan fingerprint density at radius 3 is 2.79 bits per heavy atom. The van der Waals surface area contributed by atoms with Crippen LogP contribution in [0.2, 0.25) is 10.0 Å². The third-order valence-electron chi connectivity index (χ3n) is 1.96. The van der Waals surface area contributed by atoms with Gasteiger partial charge in [-0.05, 0) is 6.07 Å². The Labute approximate surface area is 90.8 Å². The van der Waals surface area contributed by atoms with E-state index < -0.39 is 0 Å². The Kier molecular flexibility index (Phi) is 2.29. The third-order valence-corrected chi connectivity index (χ3v) is 2.56. The van der Waals surface area contributed by atoms with Crippen LogP contribution in [-0.2, 0) is 6.42 Å². The second-order valence-corrected chi connectivity index (χ2v) is 3.71. The number of hydrogen-bond acceptors (Lipinski definition) is 3. The lowest BCUT2D eigenvalue weighted by Crippen LogP contribution is -1.87. The molecule has 3 nitrogen and oxygen atoms in total. The first-order chi connectivity index (χ1) is 6.63. The van der Waals surface area contributed by atoms with Crippen LogP contribution in [0.25, 0.3) is 11.1 Å². The first-order valence-electron chi connectivity index (χ1n) is 4.16. The first-order valence-corrected chi connectivity index (χ1v) is 4.92. The van der Waals surface area contributed by atoms with Gasteiger partial charge >= 0.3 is 0 Å². The van der Waals surface area contributed by atoms with Crippen molar-refractivity contribution in [2.24, 2.45) is 0 Å². The van der Waals surface area contributed by atoms with Crippen molar-refractivity contribution < 1.29 is 4.42 Å². The van der Waals surface area contributed by atoms with Crippen LogP contribution in [0, 0.1) is 0 Å². The van der Waals surface area contributed by atoms with Gasteiger partial charge in [-0.15, -0.1) is 0 Å². The fourth-order valence-corrected chi connectivity index (χ4v) is 1.71. The Hall–Kier alpha value is -0.930. The van der Waals surface area contributed by atoms with Gasteiger partial charge in [0.15, 0.2) is 11.5 Å². The highest BCUT2D eigenvalue weighted by Crippen LogP contribution is 2.34. The van der Waals surface area contributed by atoms with E-state index in [2.05, 4.69) is 4.98 Å². The summed E-state index contributed by atoms with van der Waals surface area (Å²) in [5.74, 6) is 0.607. The van der Waals surface area contributed by atoms with Gasteiger partial charge in [0.2, 0.25) is 0 Å². The molecular formula is C9H8Cl2N2O. The zero-order chi connectivity index (χ0) is 10.3. The van der Waals surface area contributed by atoms with Gasteiger partial charge in [-0.2, -0.15) is 0 Å². The van der Waals surface area contributed by atoms with Gasteiger partial charge in [-0.3, -0.25) is 0 Å². The average molecular weight is 231 g/mol. The van der Waals surface area contributed by atoms with Crippen LogP contribution < -0.4 is 5.73 Å². The number of anilines is 1. The summed E-state index contributed by atoms with van der Waals surface area (Å²) in [5.41, 5.74) is 7.16. The number of rotatable bonds is 1. The number of halogens is 2. The van der Waals surface area contributed by atoms with Crippen LogP contribution in [0.5, 0.6) is 0 Å². The number of fused-ring (bicyclic) bond motifs is 1. The van der Waals surface area contributed by atoms with E-state index in [0.717, 1.165) is 0 Å². The smallest absolute Gasteiger partial charge is 0.195 e. The molecule has 0 aliphatic rings. The van der Waals surface area contributed by atoms with Crippen molar-refractivity contribution in [2.45, 2.75) is 13.3 Å². The van der Waals surface area contributed by atoms with Crippen molar-refractivity contribution in [1.82, 2.24) is 4.98 Å². The molecule has 5 heteroatoms. The zero-order valence-electron chi connectivity index (χ0n) is 7.47. The van der Waals surface area contributed by atoms with Gasteiger partial charge in [-0.25, -0.2) is 4.98 Å². The monoisotopic (exact) mass is 230 g/mol. The Bertz CT molecular complexity index is 493. The molecule has 0 saturated heterocycles. The summed E-state index contributed by atoms with van der Waals surface area (Å²) < 4.78 is 5.40. The highest BCUT2D eigenvalue weighted by atomic mass is 35.5. The summed E-state index contributed by atoms with van der Waals surface area (Å²) in [6, 6.07) is 1.57. The molecule has 1 aromatic carbocycles. The third kappa shape index (κ3) is 1.33. The molecule has 0 unspecified atom stereocenters. The van der Waals surface area contributed by atoms with Crippen LogP contribution in [0.3, 0.4) is 0 Å². The molecule has 0 spiro atoms. The maximum absolute atomic E-state index is 5.94. The van der Waals surface area contributed by atoms with Crippen molar-refractivity contribution >= 4 is 40.0 Å². The molecule has 2 aromatic rings. The lowest BCUT2D eigenvalue weighted by atomic mass is 10.3. The minimum atomic E-state index is 0.387. The number of aromatic nitrogens is 1. The predicted molar refractivity (Wildman–Crippen MR) is 57.8 cm³/mol. The number of benzene rings is 1. The van der Waals surface area contributed by atoms with E-state index in [1.807, 2.05) is 6.92 Å². The van der Waals surface area contributed by atoms with Crippen molar-refractivity contribution in [2.75, 3.05) is 5.73 Å². The van der Waals surface area contributed by atoms with Gasteiger partial charge in [0, 0.05) is 6.42 Å². The standard InChI is InChI=1S/C9H8Cl2N2O/c1-2-6-13-8-5(11)3-4(10)7(12)9(8)14-6/h3H,2,12H2,1H3. The van der Waals surface area contributed by atoms with E-state index in [-0.39, 0.29) is 0 Å². The Balaban J connectivity index is 2.84. The first kappa shape index (κ1) is 9.62. The molecule has 2 N–H and O–H groups in total. The number of nitrogens with two attached hydrogens (primary N) is 1. The van der Waals surface area contributed by atoms with E-state index in [4.69, 9.17) is 33.4 Å². The van der Waals surface area contributed by atoms with Crippen LogP contribution >= 0.6 is 23.2 Å². The number of hydrogen-bond donors (Lipinski definition) is 1. The molecular weight excluding hydrogens is 223 g/mol. The van der Waals surface area contributed by atoms with E-state index in [0.29, 0.717) is 39.1 Å². The van der Waals surface area contributed by atoms with Crippen molar-refractivity contribution in [3.05, 3.63) is 22.0 Å². The Morgan fingerprint density at radius 2 is 2.14 bits per heavy atom. The molecule has 1 heterocycles. The number of oxazole rings is 1. The average Bonchev–Trinajstić information content (AvgIpc) is 2.58. The van der Waals surface area contributed by atoms with E-state index >= 15 is 0 Å². The second kappa shape index (κ2) is 3.33. The number of nitrogens with zero attached hydrogens (tertiary/aromatic N) is 1. The second-order valence-electron chi connectivity index (χ2n) is 2.89. The topological polar surface area (TPSA) is 52.0 Å². The number of aryl methyl sites for hydroxylation is 1. The highest BCUT2D eigenvalue weighted by molar-refractivity contribution is 6.40. The van der Waals surface area contributed by atoms with Gasteiger partial charge in [-0.1, -0.05) is 30.1 Å². The molecule has 0 aliphatic heterocycles.